The summed E-state index contributed by atoms with van der Waals surface area (Å²) in [6.07, 6.45) is 0. The maximum absolute atomic E-state index is 13.2. The molecule has 0 saturated heterocycles. The predicted molar refractivity (Wildman–Crippen MR) is 76.6 cm³/mol. The summed E-state index contributed by atoms with van der Waals surface area (Å²) >= 11 is 0. The summed E-state index contributed by atoms with van der Waals surface area (Å²) in [4.78, 5) is -0.176. The molecule has 8 heteroatoms. The third-order valence-corrected chi connectivity index (χ3v) is 3.68. The predicted octanol–water partition coefficient (Wildman–Crippen LogP) is 1.67. The number of anilines is 3. The number of nitrogen functional groups attached to an aromatic ring is 1. The van der Waals surface area contributed by atoms with Crippen LogP contribution in [0.25, 0.3) is 0 Å². The maximum Gasteiger partial charge on any atom is 0.240 e. The highest BCUT2D eigenvalue weighted by Crippen LogP contribution is 2.25. The Morgan fingerprint density at radius 2 is 1.76 bits per heavy atom. The minimum absolute atomic E-state index is 0.00915. The van der Waals surface area contributed by atoms with Crippen LogP contribution in [0.4, 0.5) is 21.5 Å². The zero-order valence-corrected chi connectivity index (χ0v) is 11.5. The van der Waals surface area contributed by atoms with E-state index < -0.39 is 15.8 Å². The lowest BCUT2D eigenvalue weighted by molar-refractivity contribution is 0.598. The van der Waals surface area contributed by atoms with E-state index in [0.29, 0.717) is 11.4 Å². The zero-order valence-electron chi connectivity index (χ0n) is 10.7. The maximum atomic E-state index is 13.2. The first kappa shape index (κ1) is 14.8. The van der Waals surface area contributed by atoms with Crippen LogP contribution >= 0.6 is 0 Å². The molecule has 0 fully saturated rings. The molecule has 0 aromatic heterocycles. The second-order valence-electron chi connectivity index (χ2n) is 4.23. The number of hydrogen-bond donors (Lipinski definition) is 3. The van der Waals surface area contributed by atoms with Crippen LogP contribution in [0.3, 0.4) is 0 Å². The van der Waals surface area contributed by atoms with Gasteiger partial charge in [0.25, 0.3) is 0 Å². The quantitative estimate of drug-likeness (QED) is 0.744. The van der Waals surface area contributed by atoms with E-state index in [1.54, 1.807) is 6.07 Å². The number of hydrogen-bond acceptors (Lipinski definition) is 5. The van der Waals surface area contributed by atoms with E-state index in [1.807, 2.05) is 0 Å². The monoisotopic (exact) mass is 306 g/mol. The van der Waals surface area contributed by atoms with Gasteiger partial charge < -0.3 is 11.1 Å². The summed E-state index contributed by atoms with van der Waals surface area (Å²) in [5, 5.41) is 16.7. The molecule has 2 aromatic carbocycles. The molecule has 0 amide bonds. The van der Waals surface area contributed by atoms with Crippen LogP contribution in [0.1, 0.15) is 5.56 Å². The van der Waals surface area contributed by atoms with Crippen molar-refractivity contribution in [1.82, 2.24) is 0 Å². The SMILES string of the molecule is N#Cc1cc(Nc2ccc(S(N)(=O)=O)c(N)c2)ccc1F. The molecule has 0 spiro atoms. The number of nitriles is 1. The number of nitrogens with one attached hydrogen (secondary N) is 1. The van der Waals surface area contributed by atoms with Crippen molar-refractivity contribution in [3.8, 4) is 6.07 Å². The van der Waals surface area contributed by atoms with E-state index in [0.717, 1.165) is 6.07 Å². The number of nitrogens with two attached hydrogens (primary N) is 2. The van der Waals surface area contributed by atoms with Gasteiger partial charge in [0.1, 0.15) is 16.8 Å². The Morgan fingerprint density at radius 1 is 1.14 bits per heavy atom. The molecule has 108 valence electrons. The van der Waals surface area contributed by atoms with Gasteiger partial charge >= 0.3 is 0 Å². The molecule has 21 heavy (non-hydrogen) atoms. The number of primary sulfonamides is 1. The number of sulfonamides is 1. The van der Waals surface area contributed by atoms with Crippen LogP contribution in [0.5, 0.6) is 0 Å². The van der Waals surface area contributed by atoms with Crippen molar-refractivity contribution in [2.75, 3.05) is 11.1 Å². The third kappa shape index (κ3) is 3.28. The Bertz CT molecular complexity index is 844. The molecule has 2 aromatic rings. The molecule has 0 atom stereocenters. The molecule has 0 bridgehead atoms. The van der Waals surface area contributed by atoms with Crippen LogP contribution in [0.15, 0.2) is 41.3 Å². The van der Waals surface area contributed by atoms with Crippen LogP contribution in [-0.4, -0.2) is 8.42 Å². The van der Waals surface area contributed by atoms with Crippen molar-refractivity contribution >= 4 is 27.1 Å². The van der Waals surface area contributed by atoms with E-state index in [9.17, 15) is 12.8 Å². The third-order valence-electron chi connectivity index (χ3n) is 2.69. The molecule has 0 heterocycles. The van der Waals surface area contributed by atoms with E-state index in [4.69, 9.17) is 16.1 Å². The minimum atomic E-state index is -3.88. The normalized spacial score (nSPS) is 10.9. The lowest BCUT2D eigenvalue weighted by Gasteiger charge is -2.10. The number of rotatable bonds is 3. The summed E-state index contributed by atoms with van der Waals surface area (Å²) in [6, 6.07) is 9.77. The Kier molecular flexibility index (Phi) is 3.80. The summed E-state index contributed by atoms with van der Waals surface area (Å²) in [7, 11) is -3.88. The Balaban J connectivity index is 2.33. The van der Waals surface area contributed by atoms with Crippen LogP contribution < -0.4 is 16.2 Å². The van der Waals surface area contributed by atoms with Crippen LogP contribution in [0.2, 0.25) is 0 Å². The van der Waals surface area contributed by atoms with Gasteiger partial charge in [0.15, 0.2) is 0 Å². The summed E-state index contributed by atoms with van der Waals surface area (Å²) < 4.78 is 35.7. The first-order valence-corrected chi connectivity index (χ1v) is 7.25. The van der Waals surface area contributed by atoms with E-state index >= 15 is 0 Å². The molecule has 0 unspecified atom stereocenters. The van der Waals surface area contributed by atoms with Crippen LogP contribution in [0, 0.1) is 17.1 Å². The van der Waals surface area contributed by atoms with Crippen molar-refractivity contribution in [3.63, 3.8) is 0 Å². The molecule has 0 saturated carbocycles. The Morgan fingerprint density at radius 3 is 2.33 bits per heavy atom. The summed E-state index contributed by atoms with van der Waals surface area (Å²) in [5.41, 5.74) is 6.47. The van der Waals surface area contributed by atoms with Crippen molar-refractivity contribution in [1.29, 1.82) is 5.26 Å². The zero-order chi connectivity index (χ0) is 15.6. The van der Waals surface area contributed by atoms with Crippen molar-refractivity contribution in [3.05, 3.63) is 47.8 Å². The topological polar surface area (TPSA) is 122 Å². The van der Waals surface area contributed by atoms with Crippen LogP contribution in [-0.2, 0) is 10.0 Å². The van der Waals surface area contributed by atoms with Crippen molar-refractivity contribution in [2.24, 2.45) is 5.14 Å². The van der Waals surface area contributed by atoms with Crippen molar-refractivity contribution in [2.45, 2.75) is 4.90 Å². The molecule has 5 N–H and O–H groups in total. The standard InChI is InChI=1S/C13H11FN4O2S/c14-11-3-1-9(5-8(11)7-15)18-10-2-4-13(12(16)6-10)21(17,19)20/h1-6,18H,16H2,(H2,17,19,20). The first-order valence-electron chi connectivity index (χ1n) is 5.70. The van der Waals surface area contributed by atoms with Crippen molar-refractivity contribution < 1.29 is 12.8 Å². The molecule has 0 radical (unpaired) electrons. The molecule has 0 aliphatic carbocycles. The lowest BCUT2D eigenvalue weighted by atomic mass is 10.2. The minimum Gasteiger partial charge on any atom is -0.398 e. The van der Waals surface area contributed by atoms with Gasteiger partial charge in [-0.25, -0.2) is 17.9 Å². The average Bonchev–Trinajstić information content (AvgIpc) is 2.39. The Labute approximate surface area is 120 Å². The second kappa shape index (κ2) is 5.40. The first-order chi connectivity index (χ1) is 9.81. The second-order valence-corrected chi connectivity index (χ2v) is 5.76. The highest BCUT2D eigenvalue weighted by Gasteiger charge is 2.12. The molecule has 0 aliphatic rings. The summed E-state index contributed by atoms with van der Waals surface area (Å²) in [6.45, 7) is 0. The van der Waals surface area contributed by atoms with E-state index in [-0.39, 0.29) is 16.1 Å². The highest BCUT2D eigenvalue weighted by molar-refractivity contribution is 7.89. The van der Waals surface area contributed by atoms with Gasteiger partial charge in [-0.1, -0.05) is 0 Å². The van der Waals surface area contributed by atoms with E-state index in [1.165, 1.54) is 30.3 Å². The molecule has 6 nitrogen and oxygen atoms in total. The summed E-state index contributed by atoms with van der Waals surface area (Å²) in [5.74, 6) is -0.618. The van der Waals surface area contributed by atoms with Gasteiger partial charge in [-0.05, 0) is 36.4 Å². The highest BCUT2D eigenvalue weighted by atomic mass is 32.2. The van der Waals surface area contributed by atoms with Gasteiger partial charge in [-0.2, -0.15) is 5.26 Å². The molecule has 2 rings (SSSR count). The largest absolute Gasteiger partial charge is 0.398 e. The average molecular weight is 306 g/mol. The van der Waals surface area contributed by atoms with Gasteiger partial charge in [0.2, 0.25) is 10.0 Å². The van der Waals surface area contributed by atoms with Gasteiger partial charge in [-0.3, -0.25) is 0 Å². The fourth-order valence-corrected chi connectivity index (χ4v) is 2.39. The molecular formula is C13H11FN4O2S. The lowest BCUT2D eigenvalue weighted by Crippen LogP contribution is -2.14. The molecule has 0 aliphatic heterocycles. The fourth-order valence-electron chi connectivity index (χ4n) is 1.74. The smallest absolute Gasteiger partial charge is 0.240 e. The number of nitrogens with zero attached hydrogens (tertiary/aromatic N) is 1. The number of benzene rings is 2. The van der Waals surface area contributed by atoms with E-state index in [2.05, 4.69) is 5.32 Å². The fraction of sp³-hybridized carbons (Fsp3) is 0. The molecular weight excluding hydrogens is 295 g/mol. The van der Waals surface area contributed by atoms with Gasteiger partial charge in [0.05, 0.1) is 11.3 Å². The van der Waals surface area contributed by atoms with Gasteiger partial charge in [0, 0.05) is 11.4 Å². The van der Waals surface area contributed by atoms with Gasteiger partial charge in [-0.15, -0.1) is 0 Å². The number of halogens is 1. The Hall–Kier alpha value is -2.63.